The molecule has 2 amide bonds. The quantitative estimate of drug-likeness (QED) is 0.664. The van der Waals surface area contributed by atoms with Crippen LogP contribution >= 0.6 is 0 Å². The van der Waals surface area contributed by atoms with Crippen molar-refractivity contribution >= 4 is 17.8 Å². The van der Waals surface area contributed by atoms with Gasteiger partial charge < -0.3 is 20.3 Å². The fraction of sp³-hybridized carbons (Fsp3) is 0.571. The first-order valence-electron chi connectivity index (χ1n) is 7.45. The summed E-state index contributed by atoms with van der Waals surface area (Å²) in [4.78, 5) is 37.4. The van der Waals surface area contributed by atoms with Crippen LogP contribution in [-0.4, -0.2) is 71.8 Å². The molecule has 3 heterocycles. The SMILES string of the molecule is COC(=O)[C@@H]1C[C@H](NC(=O)c2cc3n(n2)CCN(C)C3=O)CN1. The fourth-order valence-corrected chi connectivity index (χ4v) is 2.84. The Bertz CT molecular complexity index is 656. The Labute approximate surface area is 132 Å². The molecule has 2 aliphatic heterocycles. The van der Waals surface area contributed by atoms with Gasteiger partial charge in [-0.3, -0.25) is 19.1 Å². The number of hydrogen-bond donors (Lipinski definition) is 2. The first-order valence-corrected chi connectivity index (χ1v) is 7.45. The van der Waals surface area contributed by atoms with E-state index in [2.05, 4.69) is 20.5 Å². The zero-order valence-electron chi connectivity index (χ0n) is 13.0. The maximum absolute atomic E-state index is 12.3. The Balaban J connectivity index is 1.65. The van der Waals surface area contributed by atoms with Gasteiger partial charge in [-0.1, -0.05) is 0 Å². The van der Waals surface area contributed by atoms with Crippen LogP contribution in [0.2, 0.25) is 0 Å². The highest BCUT2D eigenvalue weighted by molar-refractivity contribution is 5.98. The van der Waals surface area contributed by atoms with E-state index >= 15 is 0 Å². The minimum atomic E-state index is -0.407. The lowest BCUT2D eigenvalue weighted by Gasteiger charge is -2.22. The van der Waals surface area contributed by atoms with E-state index in [-0.39, 0.29) is 29.5 Å². The van der Waals surface area contributed by atoms with Gasteiger partial charge in [-0.05, 0) is 6.42 Å². The zero-order valence-corrected chi connectivity index (χ0v) is 13.0. The van der Waals surface area contributed by atoms with Crippen LogP contribution in [0.25, 0.3) is 0 Å². The number of nitrogens with one attached hydrogen (secondary N) is 2. The third kappa shape index (κ3) is 2.91. The number of nitrogens with zero attached hydrogens (tertiary/aromatic N) is 3. The molecule has 0 unspecified atom stereocenters. The molecule has 23 heavy (non-hydrogen) atoms. The van der Waals surface area contributed by atoms with Crippen LogP contribution in [0.4, 0.5) is 0 Å². The van der Waals surface area contributed by atoms with Gasteiger partial charge in [-0.15, -0.1) is 0 Å². The first kappa shape index (κ1) is 15.5. The second-order valence-electron chi connectivity index (χ2n) is 5.75. The molecule has 9 nitrogen and oxygen atoms in total. The Morgan fingerprint density at radius 1 is 1.43 bits per heavy atom. The summed E-state index contributed by atoms with van der Waals surface area (Å²) in [6.07, 6.45) is 0.466. The Morgan fingerprint density at radius 3 is 2.96 bits per heavy atom. The summed E-state index contributed by atoms with van der Waals surface area (Å²) < 4.78 is 6.23. The van der Waals surface area contributed by atoms with Crippen molar-refractivity contribution in [3.05, 3.63) is 17.5 Å². The standard InChI is InChI=1S/C14H19N5O4/c1-18-3-4-19-11(13(18)21)6-9(17-19)12(20)16-8-5-10(15-7-8)14(22)23-2/h6,8,10,15H,3-5,7H2,1-2H3,(H,16,20)/t8-,10-/m0/s1. The number of likely N-dealkylation sites (N-methyl/N-ethyl adjacent to an activating group) is 1. The van der Waals surface area contributed by atoms with E-state index in [1.165, 1.54) is 13.2 Å². The number of hydrogen-bond acceptors (Lipinski definition) is 6. The molecule has 0 bridgehead atoms. The highest BCUT2D eigenvalue weighted by Gasteiger charge is 2.32. The molecule has 1 fully saturated rings. The Kier molecular flexibility index (Phi) is 4.03. The van der Waals surface area contributed by atoms with Crippen molar-refractivity contribution in [2.24, 2.45) is 0 Å². The van der Waals surface area contributed by atoms with Gasteiger partial charge in [0.05, 0.1) is 13.7 Å². The van der Waals surface area contributed by atoms with Crippen molar-refractivity contribution in [2.75, 3.05) is 27.2 Å². The van der Waals surface area contributed by atoms with Gasteiger partial charge in [-0.25, -0.2) is 0 Å². The van der Waals surface area contributed by atoms with Crippen LogP contribution in [0.1, 0.15) is 27.4 Å². The van der Waals surface area contributed by atoms with Gasteiger partial charge in [-0.2, -0.15) is 5.10 Å². The topological polar surface area (TPSA) is 106 Å². The number of amides is 2. The van der Waals surface area contributed by atoms with Gasteiger partial charge in [0.1, 0.15) is 11.7 Å². The number of rotatable bonds is 3. The van der Waals surface area contributed by atoms with Crippen molar-refractivity contribution in [1.82, 2.24) is 25.3 Å². The van der Waals surface area contributed by atoms with Crippen LogP contribution in [0.15, 0.2) is 6.07 Å². The van der Waals surface area contributed by atoms with Crippen molar-refractivity contribution in [3.63, 3.8) is 0 Å². The summed E-state index contributed by atoms with van der Waals surface area (Å²) >= 11 is 0. The lowest BCUT2D eigenvalue weighted by Crippen LogP contribution is -2.37. The third-order valence-corrected chi connectivity index (χ3v) is 4.18. The number of aromatic nitrogens is 2. The Morgan fingerprint density at radius 2 is 2.22 bits per heavy atom. The van der Waals surface area contributed by atoms with Gasteiger partial charge in [0.25, 0.3) is 11.8 Å². The summed E-state index contributed by atoms with van der Waals surface area (Å²) in [5.74, 6) is -0.830. The maximum Gasteiger partial charge on any atom is 0.322 e. The molecule has 2 aliphatic rings. The molecule has 0 aromatic carbocycles. The van der Waals surface area contributed by atoms with E-state index in [1.807, 2.05) is 0 Å². The number of ether oxygens (including phenoxy) is 1. The second-order valence-corrected chi connectivity index (χ2v) is 5.75. The van der Waals surface area contributed by atoms with Crippen molar-refractivity contribution < 1.29 is 19.1 Å². The van der Waals surface area contributed by atoms with Crippen molar-refractivity contribution in [3.8, 4) is 0 Å². The minimum Gasteiger partial charge on any atom is -0.468 e. The summed E-state index contributed by atoms with van der Waals surface area (Å²) in [6, 6.07) is 0.924. The normalized spacial score (nSPS) is 23.6. The van der Waals surface area contributed by atoms with Gasteiger partial charge >= 0.3 is 5.97 Å². The van der Waals surface area contributed by atoms with E-state index in [0.717, 1.165) is 0 Å². The number of carbonyl (C=O) groups excluding carboxylic acids is 3. The van der Waals surface area contributed by atoms with E-state index in [4.69, 9.17) is 0 Å². The molecule has 3 rings (SSSR count). The van der Waals surface area contributed by atoms with Gasteiger partial charge in [0.15, 0.2) is 5.69 Å². The smallest absolute Gasteiger partial charge is 0.322 e. The lowest BCUT2D eigenvalue weighted by atomic mass is 10.1. The van der Waals surface area contributed by atoms with Gasteiger partial charge in [0, 0.05) is 32.2 Å². The van der Waals surface area contributed by atoms with Crippen LogP contribution < -0.4 is 10.6 Å². The predicted molar refractivity (Wildman–Crippen MR) is 78.9 cm³/mol. The molecule has 124 valence electrons. The van der Waals surface area contributed by atoms with Crippen LogP contribution in [0.5, 0.6) is 0 Å². The highest BCUT2D eigenvalue weighted by atomic mass is 16.5. The average molecular weight is 321 g/mol. The van der Waals surface area contributed by atoms with Crippen molar-refractivity contribution in [2.45, 2.75) is 25.0 Å². The first-order chi connectivity index (χ1) is 11.0. The van der Waals surface area contributed by atoms with Gasteiger partial charge in [0.2, 0.25) is 0 Å². The summed E-state index contributed by atoms with van der Waals surface area (Å²) in [5, 5.41) is 10.0. The number of carbonyl (C=O) groups is 3. The molecule has 0 saturated carbocycles. The third-order valence-electron chi connectivity index (χ3n) is 4.18. The van der Waals surface area contributed by atoms with Crippen LogP contribution in [0.3, 0.4) is 0 Å². The van der Waals surface area contributed by atoms with E-state index < -0.39 is 6.04 Å². The molecular weight excluding hydrogens is 302 g/mol. The maximum atomic E-state index is 12.3. The molecule has 9 heteroatoms. The molecule has 1 saturated heterocycles. The van der Waals surface area contributed by atoms with Crippen LogP contribution in [0, 0.1) is 0 Å². The molecule has 0 spiro atoms. The van der Waals surface area contributed by atoms with E-state index in [0.29, 0.717) is 31.7 Å². The molecular formula is C14H19N5O4. The summed E-state index contributed by atoms with van der Waals surface area (Å²) in [5.41, 5.74) is 0.631. The van der Waals surface area contributed by atoms with E-state index in [1.54, 1.807) is 16.6 Å². The molecule has 0 aliphatic carbocycles. The Hall–Kier alpha value is -2.42. The minimum absolute atomic E-state index is 0.143. The number of fused-ring (bicyclic) bond motifs is 1. The number of esters is 1. The zero-order chi connectivity index (χ0) is 16.6. The molecule has 2 atom stereocenters. The van der Waals surface area contributed by atoms with Crippen molar-refractivity contribution in [1.29, 1.82) is 0 Å². The summed E-state index contributed by atoms with van der Waals surface area (Å²) in [7, 11) is 3.05. The largest absolute Gasteiger partial charge is 0.468 e. The molecule has 1 aromatic rings. The molecule has 0 radical (unpaired) electrons. The lowest BCUT2D eigenvalue weighted by molar-refractivity contribution is -0.142. The average Bonchev–Trinajstić information content (AvgIpc) is 3.17. The fourth-order valence-electron chi connectivity index (χ4n) is 2.84. The predicted octanol–water partition coefficient (Wildman–Crippen LogP) is -1.40. The van der Waals surface area contributed by atoms with Crippen LogP contribution in [-0.2, 0) is 16.1 Å². The molecule has 1 aromatic heterocycles. The summed E-state index contributed by atoms with van der Waals surface area (Å²) in [6.45, 7) is 1.63. The number of methoxy groups -OCH3 is 1. The molecule has 2 N–H and O–H groups in total. The monoisotopic (exact) mass is 321 g/mol. The van der Waals surface area contributed by atoms with E-state index in [9.17, 15) is 14.4 Å². The highest BCUT2D eigenvalue weighted by Crippen LogP contribution is 2.14. The second kappa shape index (κ2) is 5.99.